The normalized spacial score (nSPS) is 22.6. The Bertz CT molecular complexity index is 1240. The average molecular weight is 577 g/mol. The second-order valence-corrected chi connectivity index (χ2v) is 19.3. The third-order valence-corrected chi connectivity index (χ3v) is 13.9. The zero-order valence-electron chi connectivity index (χ0n) is 22.9. The molecule has 2 N–H and O–H groups in total. The summed E-state index contributed by atoms with van der Waals surface area (Å²) >= 11 is 6.09. The summed E-state index contributed by atoms with van der Waals surface area (Å²) in [6, 6.07) is 0. The van der Waals surface area contributed by atoms with Gasteiger partial charge in [-0.25, -0.2) is 9.65 Å². The molecular weight excluding hydrogens is 539 g/mol. The fraction of sp³-hybridized carbons (Fsp3) is 0.727. The van der Waals surface area contributed by atoms with E-state index in [1.807, 2.05) is 0 Å². The number of halogens is 1. The molecule has 0 saturated carbocycles. The third-order valence-electron chi connectivity index (χ3n) is 6.82. The second kappa shape index (κ2) is 10.9. The molecule has 1 saturated heterocycles. The molecule has 3 rings (SSSR count). The van der Waals surface area contributed by atoms with E-state index >= 15 is 0 Å². The number of fused-ring (bicyclic) bond motifs is 1. The third kappa shape index (κ3) is 6.70. The molecule has 0 bridgehead atoms. The molecule has 1 unspecified atom stereocenters. The maximum absolute atomic E-state index is 12.6. The van der Waals surface area contributed by atoms with Crippen LogP contribution in [0.2, 0.25) is 18.1 Å². The quantitative estimate of drug-likeness (QED) is 0.330. The molecule has 37 heavy (non-hydrogen) atoms. The van der Waals surface area contributed by atoms with Crippen molar-refractivity contribution in [2.75, 3.05) is 26.0 Å². The van der Waals surface area contributed by atoms with Crippen LogP contribution in [0.5, 0.6) is 0 Å². The van der Waals surface area contributed by atoms with Gasteiger partial charge in [-0.1, -0.05) is 34.6 Å². The number of ether oxygens (including phenoxy) is 1. The molecule has 3 heterocycles. The number of amides is 1. The van der Waals surface area contributed by atoms with Gasteiger partial charge in [0, 0.05) is 12.3 Å². The van der Waals surface area contributed by atoms with Gasteiger partial charge in [0.15, 0.2) is 19.5 Å². The number of H-pyrrole nitrogens is 1. The summed E-state index contributed by atoms with van der Waals surface area (Å²) in [6.07, 6.45) is 0.341. The van der Waals surface area contributed by atoms with Crippen molar-refractivity contribution in [1.29, 1.82) is 0 Å². The molecule has 2 aromatic rings. The Morgan fingerprint density at radius 1 is 1.41 bits per heavy atom. The van der Waals surface area contributed by atoms with Crippen molar-refractivity contribution in [1.82, 2.24) is 24.2 Å². The van der Waals surface area contributed by atoms with Crippen LogP contribution >= 0.6 is 18.1 Å². The summed E-state index contributed by atoms with van der Waals surface area (Å²) in [5.41, 5.74) is -0.105. The van der Waals surface area contributed by atoms with Gasteiger partial charge in [0.25, 0.3) is 5.56 Å². The Labute approximate surface area is 222 Å². The number of imidazole rings is 1. The first kappa shape index (κ1) is 29.9. The van der Waals surface area contributed by atoms with Crippen LogP contribution in [-0.2, 0) is 23.0 Å². The van der Waals surface area contributed by atoms with Crippen LogP contribution in [0.4, 0.5) is 5.95 Å². The van der Waals surface area contributed by atoms with Crippen LogP contribution < -0.4 is 10.9 Å². The van der Waals surface area contributed by atoms with Gasteiger partial charge in [0.05, 0.1) is 19.0 Å². The number of carbonyl (C=O) groups is 1. The summed E-state index contributed by atoms with van der Waals surface area (Å²) in [6.45, 7) is 10.6. The lowest BCUT2D eigenvalue weighted by molar-refractivity contribution is -0.118. The van der Waals surface area contributed by atoms with Gasteiger partial charge < -0.3 is 13.7 Å². The highest BCUT2D eigenvalue weighted by Crippen LogP contribution is 2.54. The highest BCUT2D eigenvalue weighted by molar-refractivity contribution is 7.83. The molecule has 12 nitrogen and oxygen atoms in total. The van der Waals surface area contributed by atoms with E-state index < -0.39 is 33.1 Å². The van der Waals surface area contributed by atoms with Gasteiger partial charge in [0.2, 0.25) is 11.9 Å². The Morgan fingerprint density at radius 3 is 2.62 bits per heavy atom. The van der Waals surface area contributed by atoms with Crippen LogP contribution in [0.1, 0.15) is 47.3 Å². The molecule has 0 radical (unpaired) electrons. The Kier molecular flexibility index (Phi) is 8.80. The molecule has 15 heteroatoms. The highest BCUT2D eigenvalue weighted by atomic mass is 35.7. The van der Waals surface area contributed by atoms with E-state index in [2.05, 4.69) is 54.1 Å². The number of hydrogen-bond donors (Lipinski definition) is 2. The lowest BCUT2D eigenvalue weighted by atomic mass is 10.2. The van der Waals surface area contributed by atoms with Gasteiger partial charge in [-0.2, -0.15) is 4.98 Å². The predicted molar refractivity (Wildman–Crippen MR) is 145 cm³/mol. The standard InChI is InChI=1S/C22H38ClN6O6PSi/c1-13(2)19(30)26-21-25-18-17(20(31)27-21)24-12-29(18)16-10-14(35-37(8,9)22(3,4)5)15(34-16)11-33-36(23,32)28(6)7/h12-16H,10-11H2,1-9H3,(H2,25,26,27,30,31)/t14?,15-,16-,36-/m1/s1. The maximum atomic E-state index is 12.6. The molecular formula is C22H38ClN6O6PSi. The smallest absolute Gasteiger partial charge is 0.362 e. The number of aromatic amines is 1. The van der Waals surface area contributed by atoms with Crippen molar-refractivity contribution >= 4 is 49.4 Å². The first-order chi connectivity index (χ1) is 16.9. The number of aromatic nitrogens is 4. The van der Waals surface area contributed by atoms with Crippen molar-refractivity contribution in [3.63, 3.8) is 0 Å². The van der Waals surface area contributed by atoms with Crippen molar-refractivity contribution in [2.24, 2.45) is 5.92 Å². The van der Waals surface area contributed by atoms with E-state index in [1.165, 1.54) is 11.0 Å². The van der Waals surface area contributed by atoms with Crippen LogP contribution in [-0.4, -0.2) is 71.3 Å². The number of anilines is 1. The van der Waals surface area contributed by atoms with Gasteiger partial charge >= 0.3 is 6.87 Å². The number of carbonyl (C=O) groups excluding carboxylic acids is 1. The van der Waals surface area contributed by atoms with Crippen molar-refractivity contribution in [2.45, 2.75) is 77.6 Å². The summed E-state index contributed by atoms with van der Waals surface area (Å²) in [7, 11) is 0.936. The number of hydrogen-bond acceptors (Lipinski definition) is 8. The molecule has 1 aliphatic rings. The van der Waals surface area contributed by atoms with Crippen LogP contribution in [0.3, 0.4) is 0 Å². The van der Waals surface area contributed by atoms with Gasteiger partial charge in [-0.15, -0.1) is 0 Å². The average Bonchev–Trinajstić information content (AvgIpc) is 3.35. The number of rotatable bonds is 9. The summed E-state index contributed by atoms with van der Waals surface area (Å²) in [5, 5.41) is 2.56. The Balaban J connectivity index is 1.94. The molecule has 1 fully saturated rings. The zero-order valence-corrected chi connectivity index (χ0v) is 25.5. The lowest BCUT2D eigenvalue weighted by Gasteiger charge is -2.39. The fourth-order valence-corrected chi connectivity index (χ4v) is 5.53. The largest absolute Gasteiger partial charge is 0.411 e. The Hall–Kier alpha value is -1.60. The van der Waals surface area contributed by atoms with Crippen LogP contribution in [0.25, 0.3) is 11.2 Å². The molecule has 4 atom stereocenters. The predicted octanol–water partition coefficient (Wildman–Crippen LogP) is 4.32. The van der Waals surface area contributed by atoms with Gasteiger partial charge in [-0.05, 0) is 43.5 Å². The van der Waals surface area contributed by atoms with E-state index in [-0.39, 0.29) is 46.7 Å². The molecule has 2 aromatic heterocycles. The Morgan fingerprint density at radius 2 is 2.05 bits per heavy atom. The molecule has 0 aromatic carbocycles. The number of nitrogens with one attached hydrogen (secondary N) is 2. The fourth-order valence-electron chi connectivity index (χ4n) is 3.44. The highest BCUT2D eigenvalue weighted by Gasteiger charge is 2.46. The van der Waals surface area contributed by atoms with Crippen molar-refractivity contribution in [3.8, 4) is 0 Å². The first-order valence-corrected chi connectivity index (χ1v) is 17.5. The molecule has 1 aliphatic heterocycles. The first-order valence-electron chi connectivity index (χ1n) is 12.2. The van der Waals surface area contributed by atoms with Gasteiger partial charge in [-0.3, -0.25) is 29.0 Å². The lowest BCUT2D eigenvalue weighted by Crippen LogP contribution is -2.46. The SMILES string of the molecule is CC(C)C(=O)Nc1nc2c(ncn2[C@H]2CC(O[Si](C)(C)C(C)(C)C)[C@@H](CO[P@](=O)(Cl)N(C)C)O2)c(=O)[nH]1. The van der Waals surface area contributed by atoms with E-state index in [4.69, 9.17) is 24.9 Å². The minimum Gasteiger partial charge on any atom is -0.411 e. The van der Waals surface area contributed by atoms with E-state index in [0.717, 1.165) is 0 Å². The summed E-state index contributed by atoms with van der Waals surface area (Å²) in [5.74, 6) is -0.547. The molecule has 1 amide bonds. The monoisotopic (exact) mass is 576 g/mol. The number of nitrogens with zero attached hydrogens (tertiary/aromatic N) is 4. The summed E-state index contributed by atoms with van der Waals surface area (Å²) in [4.78, 5) is 36.0. The minimum atomic E-state index is -3.52. The van der Waals surface area contributed by atoms with Crippen LogP contribution in [0, 0.1) is 5.92 Å². The van der Waals surface area contributed by atoms with E-state index in [9.17, 15) is 14.2 Å². The van der Waals surface area contributed by atoms with Crippen molar-refractivity contribution < 1.29 is 23.0 Å². The molecule has 0 spiro atoms. The van der Waals surface area contributed by atoms with E-state index in [1.54, 1.807) is 32.5 Å². The van der Waals surface area contributed by atoms with Gasteiger partial charge in [0.1, 0.15) is 12.3 Å². The zero-order chi connectivity index (χ0) is 27.9. The maximum Gasteiger partial charge on any atom is 0.362 e. The topological polar surface area (TPSA) is 141 Å². The summed E-state index contributed by atoms with van der Waals surface area (Å²) < 4.78 is 34.1. The van der Waals surface area contributed by atoms with Crippen molar-refractivity contribution in [3.05, 3.63) is 16.7 Å². The van der Waals surface area contributed by atoms with E-state index in [0.29, 0.717) is 6.42 Å². The van der Waals surface area contributed by atoms with Crippen LogP contribution in [0.15, 0.2) is 11.1 Å². The molecule has 0 aliphatic carbocycles. The molecule has 208 valence electrons. The second-order valence-electron chi connectivity index (χ2n) is 11.3. The minimum absolute atomic E-state index is 0.0268.